The molecule has 0 saturated heterocycles. The van der Waals surface area contributed by atoms with E-state index in [1.807, 2.05) is 25.1 Å². The molecule has 4 atom stereocenters. The number of hydrogen-bond acceptors (Lipinski definition) is 3. The van der Waals surface area contributed by atoms with E-state index in [0.29, 0.717) is 0 Å². The quantitative estimate of drug-likeness (QED) is 0.455. The molecule has 0 saturated carbocycles. The van der Waals surface area contributed by atoms with Crippen LogP contribution in [0.1, 0.15) is 31.7 Å². The smallest absolute Gasteiger partial charge is 0.237 e. The fraction of sp³-hybridized carbons (Fsp3) is 0.533. The summed E-state index contributed by atoms with van der Waals surface area (Å²) in [5, 5.41) is 9.15. The van der Waals surface area contributed by atoms with Crippen LogP contribution in [0.2, 0.25) is 0 Å². The van der Waals surface area contributed by atoms with Gasteiger partial charge in [0.2, 0.25) is 5.91 Å². The molecule has 1 amide bonds. The van der Waals surface area contributed by atoms with Crippen LogP contribution in [0.3, 0.4) is 0 Å². The molecule has 1 aromatic carbocycles. The predicted molar refractivity (Wildman–Crippen MR) is 95.9 cm³/mol. The highest BCUT2D eigenvalue weighted by molar-refractivity contribution is 7.13. The average molecular weight is 327 g/mol. The number of hydrogen-bond donors (Lipinski definition) is 3. The van der Waals surface area contributed by atoms with Crippen LogP contribution in [0.25, 0.3) is 0 Å². The summed E-state index contributed by atoms with van der Waals surface area (Å²) >= 11 is 0. The van der Waals surface area contributed by atoms with E-state index < -0.39 is 0 Å². The normalized spacial score (nSPS) is 13.7. The summed E-state index contributed by atoms with van der Waals surface area (Å²) in [6.07, 6.45) is 3.79. The minimum Gasteiger partial charge on any atom is -0.352 e. The number of carbonyl (C=O) groups is 1. The first-order valence-electron chi connectivity index (χ1n) is 7.41. The molecule has 0 aromatic heterocycles. The Balaban J connectivity index is 2.35. The van der Waals surface area contributed by atoms with Gasteiger partial charge in [0.25, 0.3) is 0 Å². The maximum atomic E-state index is 12.2. The van der Waals surface area contributed by atoms with E-state index in [1.165, 1.54) is 5.56 Å². The molecule has 2 unspecified atom stereocenters. The van der Waals surface area contributed by atoms with Gasteiger partial charge in [-0.05, 0) is 38.3 Å². The summed E-state index contributed by atoms with van der Waals surface area (Å²) in [6, 6.07) is 10.2. The molecule has 0 heterocycles. The summed E-state index contributed by atoms with van der Waals surface area (Å²) in [5.41, 5.74) is 1.24. The highest BCUT2D eigenvalue weighted by atomic mass is 31.0. The molecule has 0 aliphatic heterocycles. The topological polar surface area (TPSA) is 53.2 Å². The summed E-state index contributed by atoms with van der Waals surface area (Å²) < 4.78 is 0. The summed E-state index contributed by atoms with van der Waals surface area (Å²) in [6.45, 7) is 3.00. The molecule has 0 aliphatic rings. The third kappa shape index (κ3) is 7.87. The largest absolute Gasteiger partial charge is 0.352 e. The van der Waals surface area contributed by atoms with E-state index in [9.17, 15) is 4.79 Å². The maximum absolute atomic E-state index is 12.2. The van der Waals surface area contributed by atoms with Gasteiger partial charge in [0, 0.05) is 6.04 Å². The van der Waals surface area contributed by atoms with Gasteiger partial charge in [0.15, 0.2) is 0 Å². The van der Waals surface area contributed by atoms with Crippen molar-refractivity contribution in [2.45, 2.75) is 44.7 Å². The molecule has 0 spiro atoms. The van der Waals surface area contributed by atoms with Gasteiger partial charge in [0.1, 0.15) is 0 Å². The van der Waals surface area contributed by atoms with E-state index >= 15 is 0 Å². The molecule has 1 aromatic rings. The maximum Gasteiger partial charge on any atom is 0.237 e. The number of nitrogens with one attached hydrogen (secondary N) is 3. The lowest BCUT2D eigenvalue weighted by molar-refractivity contribution is -0.123. The zero-order valence-electron chi connectivity index (χ0n) is 12.6. The standard InChI is InChI=1S/C15H27N3OP2/c1-12(11-13-7-3-2-4-8-13)17-15(19)14(18-21)9-5-6-10-16-20/h2-4,7-8,12,14,16,18H,5-6,9-11,20-21H2,1H3,(H,17,19)/t12-,14-/m0/s1. The molecule has 1 rings (SSSR count). The first-order chi connectivity index (χ1) is 10.2. The van der Waals surface area contributed by atoms with Gasteiger partial charge in [-0.2, -0.15) is 0 Å². The third-order valence-corrected chi connectivity index (χ3v) is 4.05. The van der Waals surface area contributed by atoms with Crippen molar-refractivity contribution in [3.8, 4) is 0 Å². The van der Waals surface area contributed by atoms with Gasteiger partial charge < -0.3 is 10.4 Å². The van der Waals surface area contributed by atoms with Gasteiger partial charge in [-0.15, -0.1) is 0 Å². The van der Waals surface area contributed by atoms with Gasteiger partial charge in [0.05, 0.1) is 6.04 Å². The Hall–Kier alpha value is -0.530. The molecule has 0 fully saturated rings. The Morgan fingerprint density at radius 1 is 1.19 bits per heavy atom. The van der Waals surface area contributed by atoms with Gasteiger partial charge in [-0.1, -0.05) is 55.5 Å². The Morgan fingerprint density at radius 2 is 1.90 bits per heavy atom. The Labute approximate surface area is 132 Å². The molecule has 0 bridgehead atoms. The number of benzene rings is 1. The second-order valence-electron chi connectivity index (χ2n) is 5.27. The van der Waals surface area contributed by atoms with Crippen molar-refractivity contribution in [3.63, 3.8) is 0 Å². The van der Waals surface area contributed by atoms with Crippen LogP contribution in [-0.2, 0) is 11.2 Å². The summed E-state index contributed by atoms with van der Waals surface area (Å²) in [7, 11) is 4.95. The molecule has 21 heavy (non-hydrogen) atoms. The van der Waals surface area contributed by atoms with Crippen molar-refractivity contribution in [3.05, 3.63) is 35.9 Å². The number of unbranched alkanes of at least 4 members (excludes halogenated alkanes) is 1. The molecule has 4 nitrogen and oxygen atoms in total. The second kappa shape index (κ2) is 11.1. The molecule has 0 radical (unpaired) electrons. The van der Waals surface area contributed by atoms with Crippen molar-refractivity contribution in [2.75, 3.05) is 6.54 Å². The van der Waals surface area contributed by atoms with Crippen molar-refractivity contribution in [2.24, 2.45) is 0 Å². The minimum absolute atomic E-state index is 0.0762. The summed E-state index contributed by atoms with van der Waals surface area (Å²) in [5.74, 6) is 0.0762. The number of carbonyl (C=O) groups excluding carboxylic acids is 1. The Bertz CT molecular complexity index is 403. The van der Waals surface area contributed by atoms with Crippen LogP contribution in [0.4, 0.5) is 0 Å². The van der Waals surface area contributed by atoms with Crippen molar-refractivity contribution < 1.29 is 4.79 Å². The monoisotopic (exact) mass is 327 g/mol. The van der Waals surface area contributed by atoms with E-state index in [2.05, 4.69) is 46.4 Å². The highest BCUT2D eigenvalue weighted by Gasteiger charge is 2.17. The lowest BCUT2D eigenvalue weighted by atomic mass is 10.1. The lowest BCUT2D eigenvalue weighted by Gasteiger charge is -2.20. The number of amides is 1. The van der Waals surface area contributed by atoms with E-state index in [4.69, 9.17) is 0 Å². The fourth-order valence-electron chi connectivity index (χ4n) is 2.23. The van der Waals surface area contributed by atoms with E-state index in [1.54, 1.807) is 0 Å². The van der Waals surface area contributed by atoms with Crippen LogP contribution >= 0.6 is 18.8 Å². The van der Waals surface area contributed by atoms with Crippen LogP contribution in [0, 0.1) is 0 Å². The van der Waals surface area contributed by atoms with Crippen molar-refractivity contribution >= 4 is 24.7 Å². The van der Waals surface area contributed by atoms with Crippen LogP contribution in [0.15, 0.2) is 30.3 Å². The van der Waals surface area contributed by atoms with Gasteiger partial charge in [-0.25, -0.2) is 0 Å². The zero-order valence-corrected chi connectivity index (χ0v) is 14.9. The van der Waals surface area contributed by atoms with Gasteiger partial charge >= 0.3 is 0 Å². The van der Waals surface area contributed by atoms with Crippen molar-refractivity contribution in [1.82, 2.24) is 15.5 Å². The second-order valence-corrected chi connectivity index (χ2v) is 6.01. The van der Waals surface area contributed by atoms with Gasteiger partial charge in [-0.3, -0.25) is 9.88 Å². The van der Waals surface area contributed by atoms with Crippen molar-refractivity contribution in [1.29, 1.82) is 0 Å². The molecular weight excluding hydrogens is 300 g/mol. The minimum atomic E-state index is -0.141. The average Bonchev–Trinajstić information content (AvgIpc) is 2.48. The molecule has 0 aliphatic carbocycles. The first-order valence-corrected chi connectivity index (χ1v) is 8.56. The van der Waals surface area contributed by atoms with Crippen LogP contribution in [0.5, 0.6) is 0 Å². The molecular formula is C15H27N3OP2. The van der Waals surface area contributed by atoms with Crippen LogP contribution < -0.4 is 15.5 Å². The molecule has 118 valence electrons. The SMILES string of the molecule is C[C@@H](Cc1ccccc1)NC(=O)[C@H](CCCCNP)NP. The fourth-order valence-corrected chi connectivity index (χ4v) is 2.75. The van der Waals surface area contributed by atoms with E-state index in [-0.39, 0.29) is 18.0 Å². The molecule has 3 N–H and O–H groups in total. The Morgan fingerprint density at radius 3 is 2.52 bits per heavy atom. The summed E-state index contributed by atoms with van der Waals surface area (Å²) in [4.78, 5) is 12.2. The predicted octanol–water partition coefficient (Wildman–Crippen LogP) is 2.03. The highest BCUT2D eigenvalue weighted by Crippen LogP contribution is 2.06. The number of rotatable bonds is 10. The van der Waals surface area contributed by atoms with Crippen LogP contribution in [-0.4, -0.2) is 24.5 Å². The van der Waals surface area contributed by atoms with E-state index in [0.717, 1.165) is 32.2 Å². The first kappa shape index (κ1) is 18.5. The molecule has 6 heteroatoms. The lowest BCUT2D eigenvalue weighted by Crippen LogP contribution is -2.45. The Kier molecular flexibility index (Phi) is 9.78. The third-order valence-electron chi connectivity index (χ3n) is 3.35. The zero-order chi connectivity index (χ0) is 15.5.